The van der Waals surface area contributed by atoms with Crippen molar-refractivity contribution in [1.82, 2.24) is 20.6 Å². The van der Waals surface area contributed by atoms with Gasteiger partial charge in [-0.1, -0.05) is 24.3 Å². The Bertz CT molecular complexity index is 460. The zero-order valence-corrected chi connectivity index (χ0v) is 9.37. The Morgan fingerprint density at radius 3 is 2.38 bits per heavy atom. The smallest absolute Gasteiger partial charge is 0.179 e. The lowest BCUT2D eigenvalue weighted by Crippen LogP contribution is -2.18. The topological polar surface area (TPSA) is 80.5 Å². The van der Waals surface area contributed by atoms with E-state index in [-0.39, 0.29) is 17.9 Å². The molecule has 6 heteroatoms. The average Bonchev–Trinajstić information content (AvgIpc) is 2.84. The van der Waals surface area contributed by atoms with Gasteiger partial charge < -0.3 is 5.73 Å². The number of aromatic nitrogens is 4. The largest absolute Gasteiger partial charge is 0.321 e. The van der Waals surface area contributed by atoms with E-state index in [2.05, 4.69) is 20.6 Å². The molecule has 0 radical (unpaired) electrons. The van der Waals surface area contributed by atoms with Gasteiger partial charge in [0.05, 0.1) is 0 Å². The molecule has 84 valence electrons. The van der Waals surface area contributed by atoms with Crippen LogP contribution in [0.15, 0.2) is 24.3 Å². The second-order valence-electron chi connectivity index (χ2n) is 3.98. The fourth-order valence-corrected chi connectivity index (χ4v) is 1.66. The molecule has 1 fully saturated rings. The zero-order chi connectivity index (χ0) is 10.3. The van der Waals surface area contributed by atoms with Crippen LogP contribution in [0.1, 0.15) is 18.4 Å². The molecule has 16 heavy (non-hydrogen) atoms. The number of rotatable bonds is 2. The van der Waals surface area contributed by atoms with Gasteiger partial charge in [-0.2, -0.15) is 0 Å². The van der Waals surface area contributed by atoms with Crippen LogP contribution in [0.5, 0.6) is 0 Å². The van der Waals surface area contributed by atoms with Crippen molar-refractivity contribution in [3.8, 4) is 11.4 Å². The number of hydrogen-bond acceptors (Lipinski definition) is 4. The maximum atomic E-state index is 6.09. The van der Waals surface area contributed by atoms with Crippen LogP contribution in [0, 0.1) is 0 Å². The molecule has 1 saturated carbocycles. The average molecular weight is 238 g/mol. The third-order valence-corrected chi connectivity index (χ3v) is 2.87. The van der Waals surface area contributed by atoms with Gasteiger partial charge in [-0.3, -0.25) is 0 Å². The summed E-state index contributed by atoms with van der Waals surface area (Å²) in [4.78, 5) is 0. The summed E-state index contributed by atoms with van der Waals surface area (Å²) >= 11 is 0. The minimum atomic E-state index is -0.0712. The van der Waals surface area contributed by atoms with Crippen LogP contribution < -0.4 is 5.73 Å². The van der Waals surface area contributed by atoms with E-state index in [0.717, 1.165) is 18.4 Å². The summed E-state index contributed by atoms with van der Waals surface area (Å²) in [5, 5.41) is 13.6. The van der Waals surface area contributed by atoms with Crippen molar-refractivity contribution < 1.29 is 0 Å². The zero-order valence-electron chi connectivity index (χ0n) is 8.55. The van der Waals surface area contributed by atoms with Crippen LogP contribution in [-0.4, -0.2) is 20.6 Å². The van der Waals surface area contributed by atoms with Gasteiger partial charge in [-0.25, -0.2) is 5.10 Å². The highest BCUT2D eigenvalue weighted by atomic mass is 35.5. The second kappa shape index (κ2) is 3.84. The van der Waals surface area contributed by atoms with Crippen LogP contribution in [0.3, 0.4) is 0 Å². The molecular formula is C10H12ClN5. The lowest BCUT2D eigenvalue weighted by atomic mass is 10.0. The minimum absolute atomic E-state index is 0. The second-order valence-corrected chi connectivity index (χ2v) is 3.98. The molecule has 2 aromatic rings. The molecule has 1 heterocycles. The number of nitrogens with zero attached hydrogens (tertiary/aromatic N) is 3. The number of halogens is 1. The Morgan fingerprint density at radius 1 is 1.19 bits per heavy atom. The molecule has 3 N–H and O–H groups in total. The third-order valence-electron chi connectivity index (χ3n) is 2.87. The Balaban J connectivity index is 0.000000963. The summed E-state index contributed by atoms with van der Waals surface area (Å²) in [6.07, 6.45) is 2.16. The number of nitrogens with one attached hydrogen (secondary N) is 1. The van der Waals surface area contributed by atoms with E-state index in [1.54, 1.807) is 0 Å². The molecule has 0 amide bonds. The van der Waals surface area contributed by atoms with Gasteiger partial charge in [0.25, 0.3) is 0 Å². The highest BCUT2D eigenvalue weighted by Crippen LogP contribution is 2.42. The van der Waals surface area contributed by atoms with Gasteiger partial charge in [0.2, 0.25) is 0 Å². The number of benzene rings is 1. The van der Waals surface area contributed by atoms with Crippen LogP contribution in [0.2, 0.25) is 0 Å². The van der Waals surface area contributed by atoms with Crippen molar-refractivity contribution in [2.75, 3.05) is 0 Å². The van der Waals surface area contributed by atoms with E-state index in [0.29, 0.717) is 5.82 Å². The van der Waals surface area contributed by atoms with Gasteiger partial charge >= 0.3 is 0 Å². The van der Waals surface area contributed by atoms with E-state index in [1.165, 1.54) is 5.56 Å². The van der Waals surface area contributed by atoms with Gasteiger partial charge in [0.15, 0.2) is 5.82 Å². The quantitative estimate of drug-likeness (QED) is 0.824. The Morgan fingerprint density at radius 2 is 1.88 bits per heavy atom. The number of nitrogens with two attached hydrogens (primary N) is 1. The third kappa shape index (κ3) is 1.79. The van der Waals surface area contributed by atoms with E-state index in [1.807, 2.05) is 24.3 Å². The van der Waals surface area contributed by atoms with Crippen molar-refractivity contribution >= 4 is 12.4 Å². The molecule has 1 aliphatic carbocycles. The maximum Gasteiger partial charge on any atom is 0.179 e. The lowest BCUT2D eigenvalue weighted by Gasteiger charge is -2.08. The molecule has 0 saturated heterocycles. The highest BCUT2D eigenvalue weighted by molar-refractivity contribution is 5.85. The Labute approximate surface area is 98.8 Å². The van der Waals surface area contributed by atoms with E-state index in [4.69, 9.17) is 5.73 Å². The maximum absolute atomic E-state index is 6.09. The molecule has 1 aromatic heterocycles. The van der Waals surface area contributed by atoms with Gasteiger partial charge in [-0.15, -0.1) is 17.5 Å². The van der Waals surface area contributed by atoms with Crippen LogP contribution in [0.4, 0.5) is 0 Å². The molecular weight excluding hydrogens is 226 g/mol. The first-order valence-electron chi connectivity index (χ1n) is 4.91. The summed E-state index contributed by atoms with van der Waals surface area (Å²) < 4.78 is 0. The van der Waals surface area contributed by atoms with Crippen molar-refractivity contribution in [3.05, 3.63) is 29.8 Å². The molecule has 3 rings (SSSR count). The summed E-state index contributed by atoms with van der Waals surface area (Å²) in [5.74, 6) is 0.684. The van der Waals surface area contributed by atoms with Crippen LogP contribution in [-0.2, 0) is 5.54 Å². The molecule has 0 aliphatic heterocycles. The first-order chi connectivity index (χ1) is 7.28. The van der Waals surface area contributed by atoms with Crippen LogP contribution >= 0.6 is 12.4 Å². The Hall–Kier alpha value is -1.46. The predicted molar refractivity (Wildman–Crippen MR) is 62.0 cm³/mol. The summed E-state index contributed by atoms with van der Waals surface area (Å²) in [6, 6.07) is 8.07. The summed E-state index contributed by atoms with van der Waals surface area (Å²) in [5.41, 5.74) is 8.19. The summed E-state index contributed by atoms with van der Waals surface area (Å²) in [7, 11) is 0. The van der Waals surface area contributed by atoms with Gasteiger partial charge in [0, 0.05) is 11.1 Å². The van der Waals surface area contributed by atoms with Crippen LogP contribution in [0.25, 0.3) is 11.4 Å². The number of aromatic amines is 1. The predicted octanol–water partition coefficient (Wildman–Crippen LogP) is 1.24. The fraction of sp³-hybridized carbons (Fsp3) is 0.300. The highest BCUT2D eigenvalue weighted by Gasteiger charge is 2.39. The number of tetrazole rings is 1. The first-order valence-corrected chi connectivity index (χ1v) is 4.91. The van der Waals surface area contributed by atoms with Gasteiger partial charge in [0.1, 0.15) is 0 Å². The van der Waals surface area contributed by atoms with Crippen molar-refractivity contribution in [2.24, 2.45) is 5.73 Å². The lowest BCUT2D eigenvalue weighted by molar-refractivity contribution is 0.740. The summed E-state index contributed by atoms with van der Waals surface area (Å²) in [6.45, 7) is 0. The molecule has 1 aromatic carbocycles. The normalized spacial score (nSPS) is 16.6. The molecule has 5 nitrogen and oxygen atoms in total. The fourth-order valence-electron chi connectivity index (χ4n) is 1.66. The van der Waals surface area contributed by atoms with E-state index < -0.39 is 0 Å². The Kier molecular flexibility index (Phi) is 2.65. The molecule has 0 unspecified atom stereocenters. The molecule has 0 bridgehead atoms. The monoisotopic (exact) mass is 237 g/mol. The number of hydrogen-bond donors (Lipinski definition) is 2. The molecule has 0 atom stereocenters. The molecule has 1 aliphatic rings. The first kappa shape index (κ1) is 11.0. The minimum Gasteiger partial charge on any atom is -0.321 e. The van der Waals surface area contributed by atoms with E-state index in [9.17, 15) is 0 Å². The molecule has 0 spiro atoms. The SMILES string of the molecule is Cl.NC1(c2ccc(-c3nnn[nH]3)cc2)CC1. The van der Waals surface area contributed by atoms with Crippen molar-refractivity contribution in [3.63, 3.8) is 0 Å². The number of H-pyrrole nitrogens is 1. The van der Waals surface area contributed by atoms with Crippen molar-refractivity contribution in [1.29, 1.82) is 0 Å². The standard InChI is InChI=1S/C10H11N5.ClH/c11-10(5-6-10)8-3-1-7(2-4-8)9-12-14-15-13-9;/h1-4H,5-6,11H2,(H,12,13,14,15);1H. The van der Waals surface area contributed by atoms with E-state index >= 15 is 0 Å². The van der Waals surface area contributed by atoms with Gasteiger partial charge in [-0.05, 0) is 28.8 Å². The van der Waals surface area contributed by atoms with Crippen molar-refractivity contribution in [2.45, 2.75) is 18.4 Å².